The predicted octanol–water partition coefficient (Wildman–Crippen LogP) is 2.87. The maximum atomic E-state index is 12.3. The van der Waals surface area contributed by atoms with Crippen LogP contribution in [0.15, 0.2) is 72.0 Å². The summed E-state index contributed by atoms with van der Waals surface area (Å²) in [5.74, 6) is 0. The Kier molecular flexibility index (Phi) is 4.59. The van der Waals surface area contributed by atoms with Crippen molar-refractivity contribution >= 4 is 38.5 Å². The number of imidazole rings is 1. The summed E-state index contributed by atoms with van der Waals surface area (Å²) in [5.41, 5.74) is 4.87. The quantitative estimate of drug-likeness (QED) is 0.371. The average Bonchev–Trinajstić information content (AvgIpc) is 3.30. The largest absolute Gasteiger partial charge is 0.345 e. The highest BCUT2D eigenvalue weighted by Gasteiger charge is 2.16. The monoisotopic (exact) mass is 433 g/mol. The molecule has 0 spiro atoms. The smallest absolute Gasteiger partial charge is 0.272 e. The summed E-state index contributed by atoms with van der Waals surface area (Å²) < 4.78 is 29.2. The molecule has 2 N–H and O–H groups in total. The molecule has 0 amide bonds. The molecule has 0 aliphatic rings. The number of H-pyrrole nitrogens is 1. The lowest BCUT2D eigenvalue weighted by Crippen LogP contribution is -2.07. The van der Waals surface area contributed by atoms with Gasteiger partial charge in [-0.15, -0.1) is 0 Å². The summed E-state index contributed by atoms with van der Waals surface area (Å²) in [4.78, 5) is 19.5. The fourth-order valence-corrected chi connectivity index (χ4v) is 4.37. The first kappa shape index (κ1) is 19.1. The zero-order valence-electron chi connectivity index (χ0n) is 16.6. The van der Waals surface area contributed by atoms with Gasteiger partial charge in [-0.3, -0.25) is 9.52 Å². The fourth-order valence-electron chi connectivity index (χ4n) is 4.00. The molecular weight excluding hydrogens is 414 g/mol. The fraction of sp³-hybridized carbons (Fsp3) is 0.0909. The molecule has 0 unspecified atom stereocenters. The number of hydrogen-bond donors (Lipinski definition) is 3. The summed E-state index contributed by atoms with van der Waals surface area (Å²) in [6.07, 6.45) is 5.19. The third-order valence-corrected chi connectivity index (χ3v) is 5.77. The molecule has 9 heteroatoms. The van der Waals surface area contributed by atoms with E-state index in [4.69, 9.17) is 0 Å². The number of rotatable bonds is 5. The maximum absolute atomic E-state index is 12.3. The van der Waals surface area contributed by atoms with Gasteiger partial charge >= 0.3 is 0 Å². The van der Waals surface area contributed by atoms with Crippen molar-refractivity contribution in [3.8, 4) is 11.1 Å². The van der Waals surface area contributed by atoms with Crippen molar-refractivity contribution in [2.45, 2.75) is 6.54 Å². The lowest BCUT2D eigenvalue weighted by atomic mass is 10.0. The Labute approximate surface area is 178 Å². The minimum atomic E-state index is -2.86. The lowest BCUT2D eigenvalue weighted by Gasteiger charge is -2.09. The molecular formula is C22H19N5O3S. The first-order valence-electron chi connectivity index (χ1n) is 9.62. The van der Waals surface area contributed by atoms with Crippen LogP contribution in [0.5, 0.6) is 0 Å². The molecule has 31 heavy (non-hydrogen) atoms. The number of anilines is 1. The van der Waals surface area contributed by atoms with E-state index in [9.17, 15) is 13.2 Å². The SMILES string of the molecule is Cn1cc(-c2cc(N[SH](=O)=O)c3ncn(Cc4ccccc4)c3c2)c2cc[nH]c(=O)c21. The molecule has 0 radical (unpaired) electrons. The second-order valence-corrected chi connectivity index (χ2v) is 8.08. The van der Waals surface area contributed by atoms with Crippen LogP contribution in [0.3, 0.4) is 0 Å². The molecule has 0 aliphatic carbocycles. The van der Waals surface area contributed by atoms with Gasteiger partial charge in [-0.1, -0.05) is 30.3 Å². The van der Waals surface area contributed by atoms with Crippen LogP contribution >= 0.6 is 0 Å². The summed E-state index contributed by atoms with van der Waals surface area (Å²) in [5, 5.41) is 0.789. The van der Waals surface area contributed by atoms with Gasteiger partial charge in [0.05, 0.1) is 17.5 Å². The van der Waals surface area contributed by atoms with E-state index < -0.39 is 10.9 Å². The Bertz CT molecular complexity index is 1550. The van der Waals surface area contributed by atoms with Crippen LogP contribution in [-0.2, 0) is 24.5 Å². The van der Waals surface area contributed by atoms with Gasteiger partial charge < -0.3 is 14.1 Å². The van der Waals surface area contributed by atoms with E-state index in [-0.39, 0.29) is 5.56 Å². The molecule has 0 bridgehead atoms. The molecule has 156 valence electrons. The zero-order chi connectivity index (χ0) is 21.5. The number of benzene rings is 2. The second-order valence-electron chi connectivity index (χ2n) is 7.34. The van der Waals surface area contributed by atoms with Crippen molar-refractivity contribution in [1.29, 1.82) is 0 Å². The number of nitrogens with zero attached hydrogens (tertiary/aromatic N) is 3. The molecule has 0 fully saturated rings. The zero-order valence-corrected chi connectivity index (χ0v) is 17.5. The minimum absolute atomic E-state index is 0.178. The minimum Gasteiger partial charge on any atom is -0.345 e. The Balaban J connectivity index is 1.75. The highest BCUT2D eigenvalue weighted by atomic mass is 32.2. The van der Waals surface area contributed by atoms with Gasteiger partial charge in [0.25, 0.3) is 5.56 Å². The number of aryl methyl sites for hydroxylation is 1. The van der Waals surface area contributed by atoms with E-state index in [0.717, 1.165) is 27.6 Å². The Morgan fingerprint density at radius 1 is 1.13 bits per heavy atom. The third kappa shape index (κ3) is 3.38. The predicted molar refractivity (Wildman–Crippen MR) is 122 cm³/mol. The number of fused-ring (bicyclic) bond motifs is 2. The van der Waals surface area contributed by atoms with Crippen molar-refractivity contribution in [2.24, 2.45) is 7.05 Å². The van der Waals surface area contributed by atoms with Crippen molar-refractivity contribution in [3.63, 3.8) is 0 Å². The van der Waals surface area contributed by atoms with Crippen LogP contribution < -0.4 is 10.3 Å². The molecule has 2 aromatic carbocycles. The number of nitrogens with one attached hydrogen (secondary N) is 2. The molecule has 3 heterocycles. The third-order valence-electron chi connectivity index (χ3n) is 5.34. The Morgan fingerprint density at radius 3 is 2.71 bits per heavy atom. The first-order chi connectivity index (χ1) is 15.0. The molecule has 0 atom stereocenters. The highest BCUT2D eigenvalue weighted by Crippen LogP contribution is 2.34. The van der Waals surface area contributed by atoms with Gasteiger partial charge in [0, 0.05) is 36.9 Å². The Morgan fingerprint density at radius 2 is 1.94 bits per heavy atom. The number of thiol groups is 1. The van der Waals surface area contributed by atoms with Gasteiger partial charge in [0.15, 0.2) is 0 Å². The van der Waals surface area contributed by atoms with Gasteiger partial charge in [0.1, 0.15) is 11.0 Å². The van der Waals surface area contributed by atoms with Crippen LogP contribution in [0.25, 0.3) is 33.1 Å². The molecule has 0 aliphatic heterocycles. The standard InChI is InChI=1S/C22H19N5O3S/c1-26-12-17(16-7-8-23-22(28)21(16)26)15-9-18(25-31(29)30)20-19(10-15)27(13-24-20)11-14-5-3-2-4-6-14/h2-10,12-13,31H,11H2,1H3,(H,23,28)(H,25,29,30). The number of pyridine rings is 1. The first-order valence-corrected chi connectivity index (χ1v) is 10.8. The molecule has 5 aromatic rings. The van der Waals surface area contributed by atoms with Crippen LogP contribution in [0, 0.1) is 0 Å². The maximum Gasteiger partial charge on any atom is 0.272 e. The van der Waals surface area contributed by atoms with Crippen LogP contribution in [0.4, 0.5) is 5.69 Å². The van der Waals surface area contributed by atoms with Crippen LogP contribution in [-0.4, -0.2) is 27.5 Å². The van der Waals surface area contributed by atoms with E-state index in [1.165, 1.54) is 0 Å². The molecule has 3 aromatic heterocycles. The van der Waals surface area contributed by atoms with E-state index in [1.54, 1.807) is 23.2 Å². The van der Waals surface area contributed by atoms with Crippen LogP contribution in [0.2, 0.25) is 0 Å². The van der Waals surface area contributed by atoms with E-state index >= 15 is 0 Å². The van der Waals surface area contributed by atoms with Crippen molar-refractivity contribution in [2.75, 3.05) is 4.72 Å². The topological polar surface area (TPSA) is 102 Å². The molecule has 8 nitrogen and oxygen atoms in total. The highest BCUT2D eigenvalue weighted by molar-refractivity contribution is 7.73. The van der Waals surface area contributed by atoms with E-state index in [2.05, 4.69) is 14.7 Å². The number of aromatic amines is 1. The molecule has 5 rings (SSSR count). The summed E-state index contributed by atoms with van der Waals surface area (Å²) in [7, 11) is -1.05. The van der Waals surface area contributed by atoms with Crippen molar-refractivity contribution < 1.29 is 8.42 Å². The van der Waals surface area contributed by atoms with Gasteiger partial charge in [-0.2, -0.15) is 0 Å². The number of hydrogen-bond acceptors (Lipinski definition) is 4. The van der Waals surface area contributed by atoms with Crippen LogP contribution in [0.1, 0.15) is 5.56 Å². The molecule has 0 saturated heterocycles. The van der Waals surface area contributed by atoms with Gasteiger partial charge in [-0.25, -0.2) is 13.4 Å². The number of aromatic nitrogens is 4. The van der Waals surface area contributed by atoms with E-state index in [1.807, 2.05) is 60.3 Å². The lowest BCUT2D eigenvalue weighted by molar-refractivity contribution is 0.619. The van der Waals surface area contributed by atoms with Crippen molar-refractivity contribution in [3.05, 3.63) is 83.2 Å². The second kappa shape index (κ2) is 7.44. The van der Waals surface area contributed by atoms with Crippen molar-refractivity contribution in [1.82, 2.24) is 19.1 Å². The average molecular weight is 433 g/mol. The summed E-state index contributed by atoms with van der Waals surface area (Å²) in [6.45, 7) is 0.596. The summed E-state index contributed by atoms with van der Waals surface area (Å²) in [6, 6.07) is 15.5. The summed E-state index contributed by atoms with van der Waals surface area (Å²) >= 11 is 0. The molecule has 0 saturated carbocycles. The normalized spacial score (nSPS) is 11.5. The van der Waals surface area contributed by atoms with E-state index in [0.29, 0.717) is 23.3 Å². The Hall–Kier alpha value is -3.85. The van der Waals surface area contributed by atoms with Gasteiger partial charge in [-0.05, 0) is 29.3 Å². The van der Waals surface area contributed by atoms with Gasteiger partial charge in [0.2, 0.25) is 10.9 Å².